The monoisotopic (exact) mass is 336 g/mol. The van der Waals surface area contributed by atoms with Crippen LogP contribution >= 0.6 is 0 Å². The SMILES string of the molecule is COc1ccc(C(N)=O)c(OCC(=O)Nc2ccc(F)cc2F)c1. The molecule has 8 heteroatoms. The molecule has 2 aromatic rings. The molecule has 0 aliphatic heterocycles. The Balaban J connectivity index is 2.07. The highest BCUT2D eigenvalue weighted by Crippen LogP contribution is 2.24. The molecule has 2 aromatic carbocycles. The van der Waals surface area contributed by atoms with Gasteiger partial charge in [-0.15, -0.1) is 0 Å². The molecule has 0 spiro atoms. The zero-order valence-electron chi connectivity index (χ0n) is 12.6. The van der Waals surface area contributed by atoms with Crippen molar-refractivity contribution >= 4 is 17.5 Å². The summed E-state index contributed by atoms with van der Waals surface area (Å²) in [6.45, 7) is -0.510. The summed E-state index contributed by atoms with van der Waals surface area (Å²) in [5, 5.41) is 2.23. The molecule has 2 rings (SSSR count). The van der Waals surface area contributed by atoms with Crippen molar-refractivity contribution in [2.75, 3.05) is 19.0 Å². The van der Waals surface area contributed by atoms with Crippen molar-refractivity contribution in [1.82, 2.24) is 0 Å². The van der Waals surface area contributed by atoms with Crippen molar-refractivity contribution in [2.24, 2.45) is 5.73 Å². The number of carbonyl (C=O) groups excluding carboxylic acids is 2. The van der Waals surface area contributed by atoms with E-state index in [1.807, 2.05) is 0 Å². The smallest absolute Gasteiger partial charge is 0.262 e. The summed E-state index contributed by atoms with van der Waals surface area (Å²) in [7, 11) is 1.42. The lowest BCUT2D eigenvalue weighted by Crippen LogP contribution is -2.22. The summed E-state index contributed by atoms with van der Waals surface area (Å²) >= 11 is 0. The van der Waals surface area contributed by atoms with E-state index in [-0.39, 0.29) is 17.0 Å². The van der Waals surface area contributed by atoms with Crippen molar-refractivity contribution in [1.29, 1.82) is 0 Å². The lowest BCUT2D eigenvalue weighted by atomic mass is 10.2. The minimum Gasteiger partial charge on any atom is -0.497 e. The first-order valence-electron chi connectivity index (χ1n) is 6.76. The molecule has 0 radical (unpaired) electrons. The molecule has 126 valence electrons. The lowest BCUT2D eigenvalue weighted by molar-refractivity contribution is -0.118. The highest BCUT2D eigenvalue weighted by atomic mass is 19.1. The first-order valence-corrected chi connectivity index (χ1v) is 6.76. The van der Waals surface area contributed by atoms with Crippen LogP contribution in [-0.4, -0.2) is 25.5 Å². The van der Waals surface area contributed by atoms with E-state index in [4.69, 9.17) is 15.2 Å². The molecular weight excluding hydrogens is 322 g/mol. The quantitative estimate of drug-likeness (QED) is 0.845. The number of primary amides is 1. The largest absolute Gasteiger partial charge is 0.497 e. The van der Waals surface area contributed by atoms with Gasteiger partial charge >= 0.3 is 0 Å². The molecule has 0 heterocycles. The predicted molar refractivity (Wildman–Crippen MR) is 82.0 cm³/mol. The van der Waals surface area contributed by atoms with E-state index in [0.717, 1.165) is 12.1 Å². The second kappa shape index (κ2) is 7.40. The fourth-order valence-corrected chi connectivity index (χ4v) is 1.87. The molecule has 2 amide bonds. The Kier molecular flexibility index (Phi) is 5.31. The molecule has 0 saturated heterocycles. The van der Waals surface area contributed by atoms with E-state index in [1.54, 1.807) is 0 Å². The minimum absolute atomic E-state index is 0.0524. The molecule has 3 N–H and O–H groups in total. The molecule has 0 saturated carbocycles. The molecule has 0 unspecified atom stereocenters. The van der Waals surface area contributed by atoms with Gasteiger partial charge in [0.25, 0.3) is 11.8 Å². The number of benzene rings is 2. The summed E-state index contributed by atoms with van der Waals surface area (Å²) in [4.78, 5) is 23.2. The Hall–Kier alpha value is -3.16. The molecule has 0 fully saturated rings. The summed E-state index contributed by atoms with van der Waals surface area (Å²) in [5.74, 6) is -2.65. The van der Waals surface area contributed by atoms with Crippen molar-refractivity contribution in [3.8, 4) is 11.5 Å². The Labute approximate surface area is 136 Å². The van der Waals surface area contributed by atoms with E-state index in [1.165, 1.54) is 25.3 Å². The van der Waals surface area contributed by atoms with Crippen LogP contribution in [0.5, 0.6) is 11.5 Å². The topological polar surface area (TPSA) is 90.7 Å². The van der Waals surface area contributed by atoms with Crippen LogP contribution in [-0.2, 0) is 4.79 Å². The third kappa shape index (κ3) is 4.19. The molecule has 0 bridgehead atoms. The second-order valence-electron chi connectivity index (χ2n) is 4.69. The maximum Gasteiger partial charge on any atom is 0.262 e. The second-order valence-corrected chi connectivity index (χ2v) is 4.69. The van der Waals surface area contributed by atoms with Gasteiger partial charge in [-0.25, -0.2) is 8.78 Å². The Morgan fingerprint density at radius 3 is 2.54 bits per heavy atom. The molecule has 0 aliphatic carbocycles. The number of amides is 2. The van der Waals surface area contributed by atoms with E-state index in [2.05, 4.69) is 5.32 Å². The first-order chi connectivity index (χ1) is 11.4. The zero-order chi connectivity index (χ0) is 17.7. The van der Waals surface area contributed by atoms with Gasteiger partial charge in [-0.3, -0.25) is 9.59 Å². The number of methoxy groups -OCH3 is 1. The van der Waals surface area contributed by atoms with E-state index < -0.39 is 30.1 Å². The summed E-state index contributed by atoms with van der Waals surface area (Å²) in [5.41, 5.74) is 5.10. The molecule has 24 heavy (non-hydrogen) atoms. The third-order valence-electron chi connectivity index (χ3n) is 3.02. The Morgan fingerprint density at radius 1 is 1.17 bits per heavy atom. The van der Waals surface area contributed by atoms with Crippen molar-refractivity contribution < 1.29 is 27.8 Å². The van der Waals surface area contributed by atoms with Gasteiger partial charge in [0.15, 0.2) is 6.61 Å². The minimum atomic E-state index is -0.914. The highest BCUT2D eigenvalue weighted by Gasteiger charge is 2.14. The lowest BCUT2D eigenvalue weighted by Gasteiger charge is -2.11. The van der Waals surface area contributed by atoms with E-state index in [0.29, 0.717) is 11.8 Å². The molecule has 0 aliphatic rings. The predicted octanol–water partition coefficient (Wildman–Crippen LogP) is 2.09. The van der Waals surface area contributed by atoms with Gasteiger partial charge in [0, 0.05) is 12.1 Å². The molecular formula is C16H14F2N2O4. The van der Waals surface area contributed by atoms with Crippen molar-refractivity contribution in [2.45, 2.75) is 0 Å². The van der Waals surface area contributed by atoms with Gasteiger partial charge < -0.3 is 20.5 Å². The van der Waals surface area contributed by atoms with E-state index >= 15 is 0 Å². The fraction of sp³-hybridized carbons (Fsp3) is 0.125. The molecule has 0 atom stereocenters. The number of hydrogen-bond donors (Lipinski definition) is 2. The van der Waals surface area contributed by atoms with Gasteiger partial charge in [-0.2, -0.15) is 0 Å². The number of nitrogens with one attached hydrogen (secondary N) is 1. The van der Waals surface area contributed by atoms with Crippen LogP contribution in [0.15, 0.2) is 36.4 Å². The van der Waals surface area contributed by atoms with Crippen LogP contribution in [0.4, 0.5) is 14.5 Å². The average Bonchev–Trinajstić information content (AvgIpc) is 2.55. The van der Waals surface area contributed by atoms with Gasteiger partial charge in [0.05, 0.1) is 18.4 Å². The number of nitrogens with two attached hydrogens (primary N) is 1. The normalized spacial score (nSPS) is 10.1. The zero-order valence-corrected chi connectivity index (χ0v) is 12.6. The maximum atomic E-state index is 13.5. The number of halogens is 2. The standard InChI is InChI=1S/C16H14F2N2O4/c1-23-10-3-4-11(16(19)22)14(7-10)24-8-15(21)20-13-5-2-9(17)6-12(13)18/h2-7H,8H2,1H3,(H2,19,22)(H,20,21). The highest BCUT2D eigenvalue weighted by molar-refractivity contribution is 5.96. The van der Waals surface area contributed by atoms with Crippen molar-refractivity contribution in [3.63, 3.8) is 0 Å². The first kappa shape index (κ1) is 17.2. The third-order valence-corrected chi connectivity index (χ3v) is 3.02. The number of rotatable bonds is 6. The van der Waals surface area contributed by atoms with Gasteiger partial charge in [0.1, 0.15) is 23.1 Å². The average molecular weight is 336 g/mol. The Bertz CT molecular complexity index is 781. The summed E-state index contributed by atoms with van der Waals surface area (Å²) < 4.78 is 36.5. The number of carbonyl (C=O) groups is 2. The summed E-state index contributed by atoms with van der Waals surface area (Å²) in [6.07, 6.45) is 0. The van der Waals surface area contributed by atoms with Gasteiger partial charge in [-0.1, -0.05) is 0 Å². The Morgan fingerprint density at radius 2 is 1.92 bits per heavy atom. The van der Waals surface area contributed by atoms with Crippen LogP contribution in [0.1, 0.15) is 10.4 Å². The number of hydrogen-bond acceptors (Lipinski definition) is 4. The summed E-state index contributed by atoms with van der Waals surface area (Å²) in [6, 6.07) is 7.04. The van der Waals surface area contributed by atoms with Gasteiger partial charge in [-0.05, 0) is 24.3 Å². The van der Waals surface area contributed by atoms with Gasteiger partial charge in [0.2, 0.25) is 0 Å². The van der Waals surface area contributed by atoms with E-state index in [9.17, 15) is 18.4 Å². The van der Waals surface area contributed by atoms with Crippen LogP contribution in [0.2, 0.25) is 0 Å². The maximum absolute atomic E-state index is 13.5. The fourth-order valence-electron chi connectivity index (χ4n) is 1.87. The molecule has 6 nitrogen and oxygen atoms in total. The van der Waals surface area contributed by atoms with Crippen LogP contribution < -0.4 is 20.5 Å². The van der Waals surface area contributed by atoms with Crippen LogP contribution in [0, 0.1) is 11.6 Å². The van der Waals surface area contributed by atoms with Crippen molar-refractivity contribution in [3.05, 3.63) is 53.6 Å². The van der Waals surface area contributed by atoms with Crippen LogP contribution in [0.25, 0.3) is 0 Å². The molecule has 0 aromatic heterocycles. The number of anilines is 1. The van der Waals surface area contributed by atoms with Crippen LogP contribution in [0.3, 0.4) is 0 Å². The number of ether oxygens (including phenoxy) is 2.